The number of nitrogens with two attached hydrogens (primary N) is 1. The van der Waals surface area contributed by atoms with E-state index in [2.05, 4.69) is 13.8 Å². The van der Waals surface area contributed by atoms with E-state index in [4.69, 9.17) is 24.3 Å². The Hall–Kier alpha value is -0.990. The Morgan fingerprint density at radius 3 is 1.33 bits per heavy atom. The lowest BCUT2D eigenvalue weighted by atomic mass is 10.0. The molecule has 0 amide bonds. The normalized spacial score (nSPS) is 13.4. The van der Waals surface area contributed by atoms with E-state index in [-0.39, 0.29) is 38.6 Å². The molecule has 9 nitrogen and oxygen atoms in total. The molecule has 274 valence electrons. The summed E-state index contributed by atoms with van der Waals surface area (Å²) >= 11 is 0. The zero-order valence-electron chi connectivity index (χ0n) is 29.8. The van der Waals surface area contributed by atoms with Crippen LogP contribution in [0.2, 0.25) is 0 Å². The summed E-state index contributed by atoms with van der Waals surface area (Å²) in [6.45, 7) is 3.71. The van der Waals surface area contributed by atoms with Crippen molar-refractivity contribution in [3.8, 4) is 0 Å². The highest BCUT2D eigenvalue weighted by molar-refractivity contribution is 7.47. The zero-order valence-corrected chi connectivity index (χ0v) is 30.7. The summed E-state index contributed by atoms with van der Waals surface area (Å²) in [5.41, 5.74) is 5.32. The molecule has 0 aromatic heterocycles. The summed E-state index contributed by atoms with van der Waals surface area (Å²) in [5, 5.41) is 0. The van der Waals surface area contributed by atoms with Crippen LogP contribution in [0.25, 0.3) is 0 Å². The quantitative estimate of drug-likeness (QED) is 0.0377. The Balaban J connectivity index is 4.12. The third kappa shape index (κ3) is 32.9. The van der Waals surface area contributed by atoms with E-state index in [0.29, 0.717) is 6.42 Å². The van der Waals surface area contributed by atoms with Gasteiger partial charge in [-0.15, -0.1) is 0 Å². The standard InChI is InChI=1S/C36H72NO8P/c1-3-5-7-9-11-13-14-15-16-17-18-19-20-21-23-25-27-29-36(39)45-34(33-44-46(40,41)43-31-30-37)32-42-35(38)28-26-24-22-12-10-8-6-4-2/h34H,3-33,37H2,1-2H3,(H,40,41)/t34-/m1/s1. The fourth-order valence-electron chi connectivity index (χ4n) is 5.40. The number of unbranched alkanes of at least 4 members (excludes halogenated alkanes) is 23. The molecule has 0 bridgehead atoms. The molecule has 3 N–H and O–H groups in total. The van der Waals surface area contributed by atoms with Gasteiger partial charge >= 0.3 is 19.8 Å². The van der Waals surface area contributed by atoms with Gasteiger partial charge in [-0.2, -0.15) is 0 Å². The molecule has 0 heterocycles. The van der Waals surface area contributed by atoms with E-state index in [9.17, 15) is 19.0 Å². The second kappa shape index (κ2) is 33.9. The molecule has 0 saturated heterocycles. The van der Waals surface area contributed by atoms with E-state index in [1.54, 1.807) is 0 Å². The minimum Gasteiger partial charge on any atom is -0.462 e. The number of carbonyl (C=O) groups excluding carboxylic acids is 2. The van der Waals surface area contributed by atoms with Crippen molar-refractivity contribution in [1.29, 1.82) is 0 Å². The lowest BCUT2D eigenvalue weighted by molar-refractivity contribution is -0.161. The lowest BCUT2D eigenvalue weighted by Crippen LogP contribution is -2.29. The van der Waals surface area contributed by atoms with E-state index < -0.39 is 26.5 Å². The van der Waals surface area contributed by atoms with Crippen molar-refractivity contribution in [2.45, 2.75) is 193 Å². The number of hydrogen-bond acceptors (Lipinski definition) is 8. The highest BCUT2D eigenvalue weighted by Crippen LogP contribution is 2.43. The third-order valence-electron chi connectivity index (χ3n) is 8.24. The first-order valence-electron chi connectivity index (χ1n) is 19.0. The van der Waals surface area contributed by atoms with Crippen LogP contribution in [0, 0.1) is 0 Å². The van der Waals surface area contributed by atoms with Crippen molar-refractivity contribution in [2.24, 2.45) is 5.73 Å². The van der Waals surface area contributed by atoms with Gasteiger partial charge < -0.3 is 20.1 Å². The fourth-order valence-corrected chi connectivity index (χ4v) is 6.16. The van der Waals surface area contributed by atoms with Crippen LogP contribution in [0.4, 0.5) is 0 Å². The molecule has 10 heteroatoms. The summed E-state index contributed by atoms with van der Waals surface area (Å²) in [7, 11) is -4.36. The first-order valence-corrected chi connectivity index (χ1v) is 20.5. The SMILES string of the molecule is CCCCCCCCCCCCCCCCCCCC(=O)O[C@H](COC(=O)CCCCCCCCCC)COP(=O)(O)OCCN. The molecule has 0 aromatic carbocycles. The first-order chi connectivity index (χ1) is 22.3. The number of carbonyl (C=O) groups is 2. The van der Waals surface area contributed by atoms with E-state index in [0.717, 1.165) is 32.1 Å². The van der Waals surface area contributed by atoms with Crippen LogP contribution in [0.3, 0.4) is 0 Å². The molecule has 2 atom stereocenters. The predicted molar refractivity (Wildman–Crippen MR) is 188 cm³/mol. The van der Waals surface area contributed by atoms with Gasteiger partial charge in [0.15, 0.2) is 6.10 Å². The molecule has 46 heavy (non-hydrogen) atoms. The smallest absolute Gasteiger partial charge is 0.462 e. The minimum absolute atomic E-state index is 0.0576. The van der Waals surface area contributed by atoms with Gasteiger partial charge in [-0.25, -0.2) is 4.57 Å². The van der Waals surface area contributed by atoms with Gasteiger partial charge in [0.25, 0.3) is 0 Å². The molecule has 0 spiro atoms. The van der Waals surface area contributed by atoms with Crippen LogP contribution in [0.15, 0.2) is 0 Å². The molecule has 0 saturated carbocycles. The molecular formula is C36H72NO8P. The maximum Gasteiger partial charge on any atom is 0.472 e. The van der Waals surface area contributed by atoms with Crippen LogP contribution >= 0.6 is 7.82 Å². The Bertz CT molecular complexity index is 739. The van der Waals surface area contributed by atoms with E-state index in [1.165, 1.54) is 122 Å². The van der Waals surface area contributed by atoms with Crippen molar-refractivity contribution in [1.82, 2.24) is 0 Å². The second-order valence-corrected chi connectivity index (χ2v) is 14.3. The van der Waals surface area contributed by atoms with Crippen LogP contribution in [0.1, 0.15) is 187 Å². The molecule has 0 rings (SSSR count). The average molecular weight is 678 g/mol. The Morgan fingerprint density at radius 2 is 0.935 bits per heavy atom. The Labute approximate surface area is 282 Å². The first kappa shape index (κ1) is 45.0. The monoisotopic (exact) mass is 677 g/mol. The van der Waals surface area contributed by atoms with Gasteiger partial charge in [0.2, 0.25) is 0 Å². The number of phosphoric acid groups is 1. The summed E-state index contributed by atoms with van der Waals surface area (Å²) in [6.07, 6.45) is 30.0. The van der Waals surface area contributed by atoms with Crippen molar-refractivity contribution in [2.75, 3.05) is 26.4 Å². The van der Waals surface area contributed by atoms with Crippen LogP contribution in [0.5, 0.6) is 0 Å². The van der Waals surface area contributed by atoms with E-state index >= 15 is 0 Å². The highest BCUT2D eigenvalue weighted by atomic mass is 31.2. The topological polar surface area (TPSA) is 134 Å². The van der Waals surface area contributed by atoms with Gasteiger partial charge in [0.1, 0.15) is 6.61 Å². The fraction of sp³-hybridized carbons (Fsp3) is 0.944. The Kier molecular flexibility index (Phi) is 33.2. The van der Waals surface area contributed by atoms with Gasteiger partial charge in [0, 0.05) is 19.4 Å². The van der Waals surface area contributed by atoms with Crippen molar-refractivity contribution in [3.05, 3.63) is 0 Å². The predicted octanol–water partition coefficient (Wildman–Crippen LogP) is 10.1. The van der Waals surface area contributed by atoms with Crippen molar-refractivity contribution < 1.29 is 37.6 Å². The summed E-state index contributed by atoms with van der Waals surface area (Å²) in [4.78, 5) is 34.6. The molecular weight excluding hydrogens is 605 g/mol. The van der Waals surface area contributed by atoms with Gasteiger partial charge in [-0.05, 0) is 12.8 Å². The zero-order chi connectivity index (χ0) is 34.0. The lowest BCUT2D eigenvalue weighted by Gasteiger charge is -2.19. The maximum atomic E-state index is 12.5. The largest absolute Gasteiger partial charge is 0.472 e. The third-order valence-corrected chi connectivity index (χ3v) is 9.23. The average Bonchev–Trinajstić information content (AvgIpc) is 3.04. The van der Waals surface area contributed by atoms with Crippen LogP contribution in [-0.4, -0.2) is 49.3 Å². The van der Waals surface area contributed by atoms with Crippen LogP contribution < -0.4 is 5.73 Å². The summed E-state index contributed by atoms with van der Waals surface area (Å²) in [5.74, 6) is -0.823. The second-order valence-electron chi connectivity index (χ2n) is 12.8. The molecule has 0 radical (unpaired) electrons. The van der Waals surface area contributed by atoms with Crippen molar-refractivity contribution >= 4 is 19.8 Å². The van der Waals surface area contributed by atoms with Crippen LogP contribution in [-0.2, 0) is 32.7 Å². The summed E-state index contributed by atoms with van der Waals surface area (Å²) < 4.78 is 32.6. The molecule has 0 aliphatic rings. The molecule has 0 aliphatic heterocycles. The van der Waals surface area contributed by atoms with Crippen molar-refractivity contribution in [3.63, 3.8) is 0 Å². The summed E-state index contributed by atoms with van der Waals surface area (Å²) in [6, 6.07) is 0. The minimum atomic E-state index is -4.36. The molecule has 0 aromatic rings. The number of esters is 2. The highest BCUT2D eigenvalue weighted by Gasteiger charge is 2.25. The number of hydrogen-bond donors (Lipinski definition) is 2. The molecule has 1 unspecified atom stereocenters. The maximum absolute atomic E-state index is 12.5. The Morgan fingerprint density at radius 1 is 0.565 bits per heavy atom. The molecule has 0 aliphatic carbocycles. The van der Waals surface area contributed by atoms with E-state index in [1.807, 2.05) is 0 Å². The van der Waals surface area contributed by atoms with Gasteiger partial charge in [-0.3, -0.25) is 18.6 Å². The molecule has 0 fully saturated rings. The number of phosphoric ester groups is 1. The van der Waals surface area contributed by atoms with Gasteiger partial charge in [-0.1, -0.05) is 162 Å². The van der Waals surface area contributed by atoms with Gasteiger partial charge in [0.05, 0.1) is 13.2 Å². The number of ether oxygens (including phenoxy) is 2. The number of rotatable bonds is 36.